The van der Waals surface area contributed by atoms with E-state index < -0.39 is 5.67 Å². The van der Waals surface area contributed by atoms with Crippen molar-refractivity contribution in [1.82, 2.24) is 0 Å². The molecule has 0 saturated heterocycles. The molecule has 1 nitrogen and oxygen atoms in total. The van der Waals surface area contributed by atoms with Gasteiger partial charge in [0.1, 0.15) is 5.67 Å². The largest absolute Gasteiger partial charge is 0.393 e. The molecular weight excluding hydrogens is 223 g/mol. The molecule has 0 aromatic heterocycles. The fourth-order valence-corrected chi connectivity index (χ4v) is 2.57. The topological polar surface area (TPSA) is 20.2 Å². The van der Waals surface area contributed by atoms with Crippen molar-refractivity contribution < 1.29 is 9.50 Å². The van der Waals surface area contributed by atoms with E-state index in [9.17, 15) is 4.39 Å². The maximum atomic E-state index is 13.6. The molecule has 0 bridgehead atoms. The quantitative estimate of drug-likeness (QED) is 0.666. The monoisotopic (exact) mass is 250 g/mol. The lowest BCUT2D eigenvalue weighted by Gasteiger charge is -2.19. The molecule has 0 aliphatic carbocycles. The molecule has 0 radical (unpaired) electrons. The Bertz CT molecular complexity index is 171. The lowest BCUT2D eigenvalue weighted by atomic mass is 9.95. The second kappa shape index (κ2) is 8.35. The Hall–Kier alpha value is 0.240. The Balaban J connectivity index is 3.47. The van der Waals surface area contributed by atoms with Gasteiger partial charge < -0.3 is 5.11 Å². The standard InChI is InChI=1S/C13H27FOS/c1-5-13(4,14)8-6-7-11(2)9-16-10-12(3)15/h11-12,15H,5-10H2,1-4H3/t11-,12?,13?/m1/s1. The van der Waals surface area contributed by atoms with Crippen LogP contribution in [-0.2, 0) is 0 Å². The average molecular weight is 250 g/mol. The summed E-state index contributed by atoms with van der Waals surface area (Å²) in [4.78, 5) is 0. The molecule has 98 valence electrons. The van der Waals surface area contributed by atoms with Crippen LogP contribution >= 0.6 is 11.8 Å². The van der Waals surface area contributed by atoms with Crippen LogP contribution in [0.3, 0.4) is 0 Å². The minimum atomic E-state index is -0.980. The SMILES string of the molecule is CCC(C)(F)CCC[C@@H](C)CSCC(C)O. The summed E-state index contributed by atoms with van der Waals surface area (Å²) in [7, 11) is 0. The lowest BCUT2D eigenvalue weighted by molar-refractivity contribution is 0.162. The van der Waals surface area contributed by atoms with E-state index >= 15 is 0 Å². The second-order valence-electron chi connectivity index (χ2n) is 5.15. The number of alkyl halides is 1. The molecule has 2 unspecified atom stereocenters. The van der Waals surface area contributed by atoms with E-state index in [0.29, 0.717) is 18.8 Å². The van der Waals surface area contributed by atoms with Crippen LogP contribution in [0.2, 0.25) is 0 Å². The molecule has 0 aliphatic rings. The summed E-state index contributed by atoms with van der Waals surface area (Å²) in [6.45, 7) is 7.62. The fraction of sp³-hybridized carbons (Fsp3) is 1.00. The predicted octanol–water partition coefficient (Wildman–Crippen LogP) is 4.05. The molecular formula is C13H27FOS. The Kier molecular flexibility index (Phi) is 8.47. The first-order valence-corrected chi connectivity index (χ1v) is 7.47. The van der Waals surface area contributed by atoms with Crippen molar-refractivity contribution in [3.8, 4) is 0 Å². The molecule has 1 N–H and O–H groups in total. The van der Waals surface area contributed by atoms with E-state index in [2.05, 4.69) is 6.92 Å². The van der Waals surface area contributed by atoms with Crippen LogP contribution in [0.1, 0.15) is 53.4 Å². The minimum Gasteiger partial charge on any atom is -0.393 e. The number of halogens is 1. The van der Waals surface area contributed by atoms with Crippen molar-refractivity contribution in [3.63, 3.8) is 0 Å². The maximum absolute atomic E-state index is 13.6. The van der Waals surface area contributed by atoms with Crippen molar-refractivity contribution in [2.45, 2.75) is 65.2 Å². The van der Waals surface area contributed by atoms with Crippen LogP contribution < -0.4 is 0 Å². The van der Waals surface area contributed by atoms with Gasteiger partial charge in [-0.2, -0.15) is 11.8 Å². The highest BCUT2D eigenvalue weighted by atomic mass is 32.2. The summed E-state index contributed by atoms with van der Waals surface area (Å²) in [5.41, 5.74) is -0.980. The van der Waals surface area contributed by atoms with Gasteiger partial charge in [-0.15, -0.1) is 0 Å². The van der Waals surface area contributed by atoms with Crippen molar-refractivity contribution in [2.75, 3.05) is 11.5 Å². The number of hydrogen-bond acceptors (Lipinski definition) is 2. The van der Waals surface area contributed by atoms with Gasteiger partial charge >= 0.3 is 0 Å². The molecule has 3 heteroatoms. The van der Waals surface area contributed by atoms with Crippen molar-refractivity contribution >= 4 is 11.8 Å². The Morgan fingerprint density at radius 3 is 2.44 bits per heavy atom. The summed E-state index contributed by atoms with van der Waals surface area (Å²) in [6.07, 6.45) is 3.13. The molecule has 0 aromatic rings. The van der Waals surface area contributed by atoms with Gasteiger partial charge in [0.15, 0.2) is 0 Å². The van der Waals surface area contributed by atoms with E-state index in [1.54, 1.807) is 18.7 Å². The first kappa shape index (κ1) is 16.2. The van der Waals surface area contributed by atoms with Crippen molar-refractivity contribution in [2.24, 2.45) is 5.92 Å². The van der Waals surface area contributed by atoms with E-state index in [-0.39, 0.29) is 6.10 Å². The van der Waals surface area contributed by atoms with Gasteiger partial charge in [0.25, 0.3) is 0 Å². The number of aliphatic hydroxyl groups excluding tert-OH is 1. The number of hydrogen-bond donors (Lipinski definition) is 1. The van der Waals surface area contributed by atoms with Crippen LogP contribution in [0.15, 0.2) is 0 Å². The van der Waals surface area contributed by atoms with Crippen LogP contribution in [0.4, 0.5) is 4.39 Å². The molecule has 16 heavy (non-hydrogen) atoms. The first-order chi connectivity index (χ1) is 7.37. The van der Waals surface area contributed by atoms with Crippen molar-refractivity contribution in [1.29, 1.82) is 0 Å². The van der Waals surface area contributed by atoms with Gasteiger partial charge in [-0.3, -0.25) is 0 Å². The smallest absolute Gasteiger partial charge is 0.108 e. The predicted molar refractivity (Wildman–Crippen MR) is 71.8 cm³/mol. The molecule has 0 amide bonds. The summed E-state index contributed by atoms with van der Waals surface area (Å²) in [5, 5.41) is 9.11. The van der Waals surface area contributed by atoms with Gasteiger partial charge in [-0.1, -0.05) is 13.8 Å². The third-order valence-corrected chi connectivity index (χ3v) is 4.42. The number of aliphatic hydroxyl groups is 1. The summed E-state index contributed by atoms with van der Waals surface area (Å²) in [6, 6.07) is 0. The van der Waals surface area contributed by atoms with E-state index in [0.717, 1.165) is 24.3 Å². The average Bonchev–Trinajstić information content (AvgIpc) is 2.17. The van der Waals surface area contributed by atoms with Crippen LogP contribution in [-0.4, -0.2) is 28.4 Å². The zero-order valence-electron chi connectivity index (χ0n) is 11.1. The van der Waals surface area contributed by atoms with Crippen molar-refractivity contribution in [3.05, 3.63) is 0 Å². The number of thioether (sulfide) groups is 1. The molecule has 0 spiro atoms. The summed E-state index contributed by atoms with van der Waals surface area (Å²) < 4.78 is 13.6. The van der Waals surface area contributed by atoms with Gasteiger partial charge in [-0.25, -0.2) is 4.39 Å². The Morgan fingerprint density at radius 2 is 1.94 bits per heavy atom. The highest BCUT2D eigenvalue weighted by Gasteiger charge is 2.19. The van der Waals surface area contributed by atoms with Gasteiger partial charge in [0.05, 0.1) is 6.10 Å². The van der Waals surface area contributed by atoms with Gasteiger partial charge in [0, 0.05) is 5.75 Å². The van der Waals surface area contributed by atoms with Crippen LogP contribution in [0, 0.1) is 5.92 Å². The normalized spacial score (nSPS) is 19.1. The minimum absolute atomic E-state index is 0.216. The zero-order chi connectivity index (χ0) is 12.6. The molecule has 0 aromatic carbocycles. The molecule has 0 heterocycles. The molecule has 0 saturated carbocycles. The lowest BCUT2D eigenvalue weighted by Crippen LogP contribution is -2.16. The molecule has 3 atom stereocenters. The number of rotatable bonds is 9. The van der Waals surface area contributed by atoms with Gasteiger partial charge in [-0.05, 0) is 51.2 Å². The third kappa shape index (κ3) is 9.46. The first-order valence-electron chi connectivity index (χ1n) is 6.32. The van der Waals surface area contributed by atoms with Gasteiger partial charge in [0.2, 0.25) is 0 Å². The van der Waals surface area contributed by atoms with E-state index in [1.165, 1.54) is 0 Å². The maximum Gasteiger partial charge on any atom is 0.108 e. The highest BCUT2D eigenvalue weighted by Crippen LogP contribution is 2.24. The zero-order valence-corrected chi connectivity index (χ0v) is 11.9. The molecule has 0 fully saturated rings. The van der Waals surface area contributed by atoms with E-state index in [1.807, 2.05) is 13.8 Å². The summed E-state index contributed by atoms with van der Waals surface area (Å²) in [5.74, 6) is 2.50. The Morgan fingerprint density at radius 1 is 1.31 bits per heavy atom. The molecule has 0 aliphatic heterocycles. The molecule has 0 rings (SSSR count). The van der Waals surface area contributed by atoms with Crippen LogP contribution in [0.5, 0.6) is 0 Å². The highest BCUT2D eigenvalue weighted by molar-refractivity contribution is 7.99. The van der Waals surface area contributed by atoms with E-state index in [4.69, 9.17) is 5.11 Å². The van der Waals surface area contributed by atoms with Crippen LogP contribution in [0.25, 0.3) is 0 Å². The fourth-order valence-electron chi connectivity index (χ4n) is 1.52. The summed E-state index contributed by atoms with van der Waals surface area (Å²) >= 11 is 1.79. The second-order valence-corrected chi connectivity index (χ2v) is 6.23. The Labute approximate surface area is 104 Å². The third-order valence-electron chi connectivity index (χ3n) is 2.89.